The summed E-state index contributed by atoms with van der Waals surface area (Å²) in [4.78, 5) is 13.8. The fourth-order valence-electron chi connectivity index (χ4n) is 4.04. The van der Waals surface area contributed by atoms with Crippen LogP contribution in [0.4, 0.5) is 0 Å². The van der Waals surface area contributed by atoms with Crippen molar-refractivity contribution in [3.63, 3.8) is 0 Å². The van der Waals surface area contributed by atoms with Gasteiger partial charge in [-0.1, -0.05) is 62.1 Å². The zero-order chi connectivity index (χ0) is 17.6. The number of nitrogens with zero attached hydrogens (tertiary/aromatic N) is 1. The van der Waals surface area contributed by atoms with Crippen LogP contribution in [0.1, 0.15) is 74.6 Å². The van der Waals surface area contributed by atoms with E-state index < -0.39 is 0 Å². The van der Waals surface area contributed by atoms with Crippen molar-refractivity contribution in [2.45, 2.75) is 63.5 Å². The monoisotopic (exact) mass is 429 g/mol. The average Bonchev–Trinajstić information content (AvgIpc) is 2.66. The average molecular weight is 429 g/mol. The zero-order valence-electron chi connectivity index (χ0n) is 15.6. The SMILES string of the molecule is [CH2-]CC/C=C\CN1C(=O)C[C@@H]1c1ccc(C(O)C2CCCCC2)cc1.[Y]. The fourth-order valence-corrected chi connectivity index (χ4v) is 4.04. The Morgan fingerprint density at radius 2 is 1.85 bits per heavy atom. The molecule has 4 heteroatoms. The van der Waals surface area contributed by atoms with Gasteiger partial charge >= 0.3 is 0 Å². The number of hydrogen-bond donors (Lipinski definition) is 1. The minimum Gasteiger partial charge on any atom is -0.388 e. The third kappa shape index (κ3) is 5.27. The number of hydrogen-bond acceptors (Lipinski definition) is 2. The molecule has 1 aromatic rings. The van der Waals surface area contributed by atoms with E-state index in [1.54, 1.807) is 0 Å². The Morgan fingerprint density at radius 1 is 1.15 bits per heavy atom. The number of allylic oxidation sites excluding steroid dienone is 1. The van der Waals surface area contributed by atoms with Gasteiger partial charge in [0.2, 0.25) is 5.91 Å². The van der Waals surface area contributed by atoms with Crippen LogP contribution in [-0.2, 0) is 37.5 Å². The van der Waals surface area contributed by atoms with Gasteiger partial charge in [0.25, 0.3) is 0 Å². The van der Waals surface area contributed by atoms with E-state index >= 15 is 0 Å². The summed E-state index contributed by atoms with van der Waals surface area (Å²) >= 11 is 0. The number of carbonyl (C=O) groups is 1. The molecule has 2 fully saturated rings. The number of rotatable bonds is 7. The first-order chi connectivity index (χ1) is 12.2. The second kappa shape index (κ2) is 10.7. The van der Waals surface area contributed by atoms with Gasteiger partial charge in [0.1, 0.15) is 0 Å². The maximum Gasteiger partial charge on any atom is 0.225 e. The molecule has 1 N–H and O–H groups in total. The predicted octanol–water partition coefficient (Wildman–Crippen LogP) is 4.74. The van der Waals surface area contributed by atoms with Gasteiger partial charge in [-0.05, 0) is 29.9 Å². The van der Waals surface area contributed by atoms with Crippen LogP contribution in [-0.4, -0.2) is 22.5 Å². The van der Waals surface area contributed by atoms with Crippen molar-refractivity contribution in [3.05, 3.63) is 54.5 Å². The molecule has 1 saturated carbocycles. The van der Waals surface area contributed by atoms with Crippen molar-refractivity contribution in [3.8, 4) is 0 Å². The molecule has 1 amide bonds. The molecule has 3 nitrogen and oxygen atoms in total. The molecule has 0 spiro atoms. The number of amides is 1. The van der Waals surface area contributed by atoms with Crippen LogP contribution in [0.25, 0.3) is 0 Å². The summed E-state index contributed by atoms with van der Waals surface area (Å²) in [5.41, 5.74) is 2.19. The summed E-state index contributed by atoms with van der Waals surface area (Å²) in [6.45, 7) is 4.49. The number of aliphatic hydroxyl groups excluding tert-OH is 1. The number of β-lactam (4-membered cyclic amide) rings is 1. The quantitative estimate of drug-likeness (QED) is 0.386. The Morgan fingerprint density at radius 3 is 2.46 bits per heavy atom. The first-order valence-corrected chi connectivity index (χ1v) is 9.72. The van der Waals surface area contributed by atoms with Crippen molar-refractivity contribution in [2.75, 3.05) is 6.54 Å². The van der Waals surface area contributed by atoms with Gasteiger partial charge in [-0.3, -0.25) is 4.79 Å². The second-order valence-electron chi connectivity index (χ2n) is 7.39. The summed E-state index contributed by atoms with van der Waals surface area (Å²) in [5.74, 6) is 0.621. The standard InChI is InChI=1S/C22H30NO2.Y/c1-2-3-4-8-15-23-20(16-21(23)24)17-11-13-19(14-12-17)22(25)18-9-6-5-7-10-18;/h4,8,11-14,18,20,22,25H,1-3,5-7,9-10,15-16H2;/q-1;/b8-4-;/t20-,22?;/m1./s1. The Balaban J connectivity index is 0.00000243. The topological polar surface area (TPSA) is 40.5 Å². The molecule has 1 saturated heterocycles. The Bertz CT molecular complexity index is 593. The fraction of sp³-hybridized carbons (Fsp3) is 0.545. The van der Waals surface area contributed by atoms with E-state index in [0.29, 0.717) is 18.9 Å². The van der Waals surface area contributed by atoms with Gasteiger partial charge in [0.15, 0.2) is 0 Å². The Kier molecular flexibility index (Phi) is 8.99. The molecular formula is C22H30NO2Y-. The first kappa shape index (κ1) is 21.8. The van der Waals surface area contributed by atoms with Gasteiger partial charge in [0, 0.05) is 39.3 Å². The Labute approximate surface area is 183 Å². The third-order valence-electron chi connectivity index (χ3n) is 5.66. The van der Waals surface area contributed by atoms with Crippen LogP contribution in [0.3, 0.4) is 0 Å². The van der Waals surface area contributed by atoms with E-state index in [1.807, 2.05) is 17.0 Å². The number of unbranched alkanes of at least 4 members (excludes halogenated alkanes) is 1. The van der Waals surface area contributed by atoms with Crippen LogP contribution >= 0.6 is 0 Å². The summed E-state index contributed by atoms with van der Waals surface area (Å²) in [5, 5.41) is 10.6. The van der Waals surface area contributed by atoms with E-state index in [9.17, 15) is 9.90 Å². The van der Waals surface area contributed by atoms with Crippen LogP contribution in [0, 0.1) is 12.8 Å². The van der Waals surface area contributed by atoms with E-state index in [1.165, 1.54) is 24.8 Å². The van der Waals surface area contributed by atoms with Gasteiger partial charge in [-0.2, -0.15) is 6.42 Å². The smallest absolute Gasteiger partial charge is 0.225 e. The third-order valence-corrected chi connectivity index (χ3v) is 5.66. The predicted molar refractivity (Wildman–Crippen MR) is 101 cm³/mol. The molecule has 139 valence electrons. The van der Waals surface area contributed by atoms with E-state index in [4.69, 9.17) is 0 Å². The summed E-state index contributed by atoms with van der Waals surface area (Å²) in [7, 11) is 0. The van der Waals surface area contributed by atoms with E-state index in [0.717, 1.165) is 31.2 Å². The van der Waals surface area contributed by atoms with Gasteiger partial charge in [0.05, 0.1) is 18.6 Å². The van der Waals surface area contributed by atoms with Crippen LogP contribution < -0.4 is 0 Å². The molecule has 2 aliphatic rings. The van der Waals surface area contributed by atoms with Gasteiger partial charge in [-0.25, -0.2) is 0 Å². The molecule has 1 radical (unpaired) electrons. The molecule has 0 aromatic heterocycles. The van der Waals surface area contributed by atoms with Crippen molar-refractivity contribution in [1.82, 2.24) is 4.90 Å². The van der Waals surface area contributed by atoms with Crippen molar-refractivity contribution >= 4 is 5.91 Å². The maximum atomic E-state index is 11.9. The molecule has 1 unspecified atom stereocenters. The van der Waals surface area contributed by atoms with Gasteiger partial charge < -0.3 is 16.9 Å². The molecule has 2 atom stereocenters. The molecule has 3 rings (SSSR count). The first-order valence-electron chi connectivity index (χ1n) is 9.72. The summed E-state index contributed by atoms with van der Waals surface area (Å²) in [6.07, 6.45) is 12.3. The van der Waals surface area contributed by atoms with E-state index in [-0.39, 0.29) is 50.8 Å². The Hall–Kier alpha value is -0.506. The van der Waals surface area contributed by atoms with Crippen LogP contribution in [0.5, 0.6) is 0 Å². The van der Waals surface area contributed by atoms with Crippen LogP contribution in [0.2, 0.25) is 0 Å². The van der Waals surface area contributed by atoms with Crippen molar-refractivity contribution < 1.29 is 42.6 Å². The van der Waals surface area contributed by atoms with Gasteiger partial charge in [-0.15, -0.1) is 0 Å². The minimum atomic E-state index is -0.348. The van der Waals surface area contributed by atoms with Crippen molar-refractivity contribution in [1.29, 1.82) is 0 Å². The molecule has 1 aliphatic carbocycles. The van der Waals surface area contributed by atoms with E-state index in [2.05, 4.69) is 31.2 Å². The summed E-state index contributed by atoms with van der Waals surface area (Å²) in [6, 6.07) is 8.45. The van der Waals surface area contributed by atoms with Crippen molar-refractivity contribution in [2.24, 2.45) is 5.92 Å². The largest absolute Gasteiger partial charge is 0.388 e. The number of aliphatic hydroxyl groups is 1. The zero-order valence-corrected chi connectivity index (χ0v) is 18.5. The number of benzene rings is 1. The second-order valence-corrected chi connectivity index (χ2v) is 7.39. The number of likely N-dealkylation sites (tertiary alicyclic amines) is 1. The number of carbonyl (C=O) groups excluding carboxylic acids is 1. The molecule has 1 aromatic carbocycles. The molecule has 1 heterocycles. The molecule has 0 bridgehead atoms. The molecule has 26 heavy (non-hydrogen) atoms. The molecule has 1 aliphatic heterocycles. The van der Waals surface area contributed by atoms with Crippen LogP contribution in [0.15, 0.2) is 36.4 Å². The summed E-state index contributed by atoms with van der Waals surface area (Å²) < 4.78 is 0. The minimum absolute atomic E-state index is 0. The maximum absolute atomic E-state index is 11.9. The molecular weight excluding hydrogens is 399 g/mol. The normalized spacial score (nSPS) is 22.2.